The Morgan fingerprint density at radius 3 is 2.89 bits per heavy atom. The van der Waals surface area contributed by atoms with Crippen LogP contribution in [-0.2, 0) is 13.7 Å². The third kappa shape index (κ3) is 2.50. The average Bonchev–Trinajstić information content (AvgIpc) is 2.67. The van der Waals surface area contributed by atoms with Gasteiger partial charge in [0.25, 0.3) is 0 Å². The first kappa shape index (κ1) is 12.2. The SMILES string of the molecule is CNc1nc(N)ncc1OCc1cc(C)n(C)n1. The summed E-state index contributed by atoms with van der Waals surface area (Å²) in [4.78, 5) is 7.93. The molecule has 0 unspecified atom stereocenters. The van der Waals surface area contributed by atoms with E-state index in [9.17, 15) is 0 Å². The smallest absolute Gasteiger partial charge is 0.222 e. The van der Waals surface area contributed by atoms with Crippen molar-refractivity contribution in [3.63, 3.8) is 0 Å². The minimum Gasteiger partial charge on any atom is -0.482 e. The van der Waals surface area contributed by atoms with Gasteiger partial charge in [-0.2, -0.15) is 10.1 Å². The number of anilines is 2. The Bertz CT molecular complexity index is 531. The van der Waals surface area contributed by atoms with Gasteiger partial charge < -0.3 is 15.8 Å². The van der Waals surface area contributed by atoms with Crippen molar-refractivity contribution in [3.05, 3.63) is 23.7 Å². The molecule has 2 aromatic heterocycles. The first-order chi connectivity index (χ1) is 8.60. The number of ether oxygens (including phenoxy) is 1. The molecule has 96 valence electrons. The number of aromatic nitrogens is 4. The Kier molecular flexibility index (Phi) is 3.31. The first-order valence-corrected chi connectivity index (χ1v) is 5.52. The van der Waals surface area contributed by atoms with Gasteiger partial charge in [-0.25, -0.2) is 4.98 Å². The molecular formula is C11H16N6O. The van der Waals surface area contributed by atoms with Crippen LogP contribution in [0.3, 0.4) is 0 Å². The molecule has 2 rings (SSSR count). The molecule has 0 amide bonds. The van der Waals surface area contributed by atoms with Crippen molar-refractivity contribution in [1.29, 1.82) is 0 Å². The average molecular weight is 248 g/mol. The highest BCUT2D eigenvalue weighted by atomic mass is 16.5. The van der Waals surface area contributed by atoms with E-state index in [1.54, 1.807) is 17.9 Å². The van der Waals surface area contributed by atoms with Gasteiger partial charge in [-0.1, -0.05) is 0 Å². The molecule has 0 atom stereocenters. The zero-order valence-electron chi connectivity index (χ0n) is 10.6. The second kappa shape index (κ2) is 4.91. The normalized spacial score (nSPS) is 10.4. The summed E-state index contributed by atoms with van der Waals surface area (Å²) in [5, 5.41) is 7.21. The largest absolute Gasteiger partial charge is 0.482 e. The summed E-state index contributed by atoms with van der Waals surface area (Å²) < 4.78 is 7.42. The van der Waals surface area contributed by atoms with Gasteiger partial charge in [0, 0.05) is 19.8 Å². The van der Waals surface area contributed by atoms with E-state index in [0.717, 1.165) is 11.4 Å². The van der Waals surface area contributed by atoms with E-state index in [1.807, 2.05) is 20.0 Å². The maximum Gasteiger partial charge on any atom is 0.222 e. The van der Waals surface area contributed by atoms with E-state index in [-0.39, 0.29) is 5.95 Å². The Hall–Kier alpha value is -2.31. The van der Waals surface area contributed by atoms with Crippen LogP contribution in [-0.4, -0.2) is 26.8 Å². The maximum absolute atomic E-state index is 5.62. The number of nitrogens with one attached hydrogen (secondary N) is 1. The van der Waals surface area contributed by atoms with E-state index < -0.39 is 0 Å². The molecule has 7 nitrogen and oxygen atoms in total. The van der Waals surface area contributed by atoms with E-state index in [0.29, 0.717) is 18.2 Å². The van der Waals surface area contributed by atoms with Gasteiger partial charge in [0.15, 0.2) is 11.6 Å². The van der Waals surface area contributed by atoms with E-state index in [4.69, 9.17) is 10.5 Å². The predicted molar refractivity (Wildman–Crippen MR) is 68.3 cm³/mol. The molecule has 0 saturated heterocycles. The predicted octanol–water partition coefficient (Wildman–Crippen LogP) is 0.721. The molecule has 7 heteroatoms. The van der Waals surface area contributed by atoms with Gasteiger partial charge >= 0.3 is 0 Å². The fraction of sp³-hybridized carbons (Fsp3) is 0.364. The summed E-state index contributed by atoms with van der Waals surface area (Å²) in [7, 11) is 3.64. The number of nitrogen functional groups attached to an aromatic ring is 1. The number of hydrogen-bond acceptors (Lipinski definition) is 6. The Morgan fingerprint density at radius 1 is 1.50 bits per heavy atom. The highest BCUT2D eigenvalue weighted by Crippen LogP contribution is 2.21. The van der Waals surface area contributed by atoms with Crippen LogP contribution >= 0.6 is 0 Å². The Balaban J connectivity index is 2.10. The summed E-state index contributed by atoms with van der Waals surface area (Å²) >= 11 is 0. The van der Waals surface area contributed by atoms with Crippen LogP contribution in [0.1, 0.15) is 11.4 Å². The number of hydrogen-bond donors (Lipinski definition) is 2. The van der Waals surface area contributed by atoms with Crippen LogP contribution in [0.15, 0.2) is 12.3 Å². The highest BCUT2D eigenvalue weighted by Gasteiger charge is 2.07. The van der Waals surface area contributed by atoms with Crippen molar-refractivity contribution >= 4 is 11.8 Å². The van der Waals surface area contributed by atoms with E-state index in [2.05, 4.69) is 20.4 Å². The van der Waals surface area contributed by atoms with E-state index >= 15 is 0 Å². The van der Waals surface area contributed by atoms with Crippen LogP contribution in [0.5, 0.6) is 5.75 Å². The van der Waals surface area contributed by atoms with Crippen LogP contribution in [0, 0.1) is 6.92 Å². The summed E-state index contributed by atoms with van der Waals surface area (Å²) in [6.45, 7) is 2.35. The molecule has 2 aromatic rings. The standard InChI is InChI=1S/C11H16N6O/c1-7-4-8(16-17(7)3)6-18-9-5-14-11(12)15-10(9)13-2/h4-5H,6H2,1-3H3,(H3,12,13,14,15). The lowest BCUT2D eigenvalue weighted by Crippen LogP contribution is -2.05. The third-order valence-corrected chi connectivity index (χ3v) is 2.55. The molecule has 0 aromatic carbocycles. The number of rotatable bonds is 4. The molecule has 0 aliphatic rings. The summed E-state index contributed by atoms with van der Waals surface area (Å²) in [5.41, 5.74) is 7.44. The lowest BCUT2D eigenvalue weighted by Gasteiger charge is -2.08. The topological polar surface area (TPSA) is 90.9 Å². The van der Waals surface area contributed by atoms with Gasteiger partial charge in [0.05, 0.1) is 6.20 Å². The number of nitrogens with zero attached hydrogens (tertiary/aromatic N) is 4. The van der Waals surface area contributed by atoms with Gasteiger partial charge in [-0.05, 0) is 13.0 Å². The van der Waals surface area contributed by atoms with Crippen molar-refractivity contribution in [2.24, 2.45) is 7.05 Å². The minimum absolute atomic E-state index is 0.209. The Morgan fingerprint density at radius 2 is 2.28 bits per heavy atom. The lowest BCUT2D eigenvalue weighted by atomic mass is 10.4. The lowest BCUT2D eigenvalue weighted by molar-refractivity contribution is 0.299. The fourth-order valence-corrected chi connectivity index (χ4v) is 1.53. The molecule has 0 aliphatic carbocycles. The summed E-state index contributed by atoms with van der Waals surface area (Å²) in [5.74, 6) is 1.32. The van der Waals surface area contributed by atoms with Crippen LogP contribution in [0.25, 0.3) is 0 Å². The van der Waals surface area contributed by atoms with Crippen molar-refractivity contribution in [2.75, 3.05) is 18.1 Å². The fourth-order valence-electron chi connectivity index (χ4n) is 1.53. The zero-order valence-corrected chi connectivity index (χ0v) is 10.6. The van der Waals surface area contributed by atoms with Gasteiger partial charge in [0.2, 0.25) is 5.95 Å². The zero-order chi connectivity index (χ0) is 13.1. The molecule has 0 aliphatic heterocycles. The molecule has 0 spiro atoms. The minimum atomic E-state index is 0.209. The molecule has 2 heterocycles. The maximum atomic E-state index is 5.62. The number of nitrogens with two attached hydrogens (primary N) is 1. The molecule has 18 heavy (non-hydrogen) atoms. The van der Waals surface area contributed by atoms with Crippen LogP contribution in [0.2, 0.25) is 0 Å². The highest BCUT2D eigenvalue weighted by molar-refractivity contribution is 5.50. The van der Waals surface area contributed by atoms with Crippen molar-refractivity contribution < 1.29 is 4.74 Å². The molecule has 0 bridgehead atoms. The molecule has 0 radical (unpaired) electrons. The van der Waals surface area contributed by atoms with Crippen molar-refractivity contribution in [1.82, 2.24) is 19.7 Å². The second-order valence-electron chi connectivity index (χ2n) is 3.88. The molecule has 3 N–H and O–H groups in total. The van der Waals surface area contributed by atoms with Gasteiger partial charge in [0.1, 0.15) is 12.3 Å². The third-order valence-electron chi connectivity index (χ3n) is 2.55. The molecule has 0 saturated carbocycles. The first-order valence-electron chi connectivity index (χ1n) is 5.52. The summed E-state index contributed by atoms with van der Waals surface area (Å²) in [6.07, 6.45) is 1.55. The number of aryl methyl sites for hydroxylation is 2. The van der Waals surface area contributed by atoms with Gasteiger partial charge in [-0.15, -0.1) is 0 Å². The van der Waals surface area contributed by atoms with Crippen molar-refractivity contribution in [3.8, 4) is 5.75 Å². The Labute approximate surface area is 105 Å². The monoisotopic (exact) mass is 248 g/mol. The second-order valence-corrected chi connectivity index (χ2v) is 3.88. The van der Waals surface area contributed by atoms with Gasteiger partial charge in [-0.3, -0.25) is 4.68 Å². The van der Waals surface area contributed by atoms with Crippen LogP contribution in [0.4, 0.5) is 11.8 Å². The van der Waals surface area contributed by atoms with Crippen molar-refractivity contribution in [2.45, 2.75) is 13.5 Å². The molecular weight excluding hydrogens is 232 g/mol. The molecule has 0 fully saturated rings. The van der Waals surface area contributed by atoms with E-state index in [1.165, 1.54) is 0 Å². The summed E-state index contributed by atoms with van der Waals surface area (Å²) in [6, 6.07) is 1.97. The van der Waals surface area contributed by atoms with Crippen LogP contribution < -0.4 is 15.8 Å². The quantitative estimate of drug-likeness (QED) is 0.828.